The molecule has 3 heteroatoms. The van der Waals surface area contributed by atoms with Gasteiger partial charge in [0.15, 0.2) is 0 Å². The molecule has 3 heterocycles. The molecular formula is C11H13IN2. The molecule has 2 saturated heterocycles. The van der Waals surface area contributed by atoms with E-state index in [0.29, 0.717) is 0 Å². The van der Waals surface area contributed by atoms with Crippen molar-refractivity contribution >= 4 is 22.6 Å². The Kier molecular flexibility index (Phi) is 2.24. The van der Waals surface area contributed by atoms with Gasteiger partial charge in [-0.2, -0.15) is 0 Å². The van der Waals surface area contributed by atoms with Crippen LogP contribution in [-0.2, 0) is 0 Å². The van der Waals surface area contributed by atoms with Crippen molar-refractivity contribution in [1.29, 1.82) is 0 Å². The van der Waals surface area contributed by atoms with E-state index in [1.165, 1.54) is 28.4 Å². The average molecular weight is 300 g/mol. The van der Waals surface area contributed by atoms with Gasteiger partial charge < -0.3 is 5.32 Å². The number of aromatic nitrogens is 1. The number of pyridine rings is 1. The first kappa shape index (κ1) is 9.09. The minimum atomic E-state index is 0.718. The summed E-state index contributed by atoms with van der Waals surface area (Å²) in [5.74, 6) is 0.718. The van der Waals surface area contributed by atoms with Gasteiger partial charge in [0.1, 0.15) is 0 Å². The van der Waals surface area contributed by atoms with Gasteiger partial charge in [0, 0.05) is 34.0 Å². The Hall–Kier alpha value is -0.160. The van der Waals surface area contributed by atoms with Gasteiger partial charge in [0.25, 0.3) is 0 Å². The maximum absolute atomic E-state index is 4.28. The highest BCUT2D eigenvalue weighted by molar-refractivity contribution is 14.1. The van der Waals surface area contributed by atoms with E-state index in [-0.39, 0.29) is 0 Å². The zero-order valence-corrected chi connectivity index (χ0v) is 10.1. The second-order valence-electron chi connectivity index (χ2n) is 4.33. The summed E-state index contributed by atoms with van der Waals surface area (Å²) in [4.78, 5) is 4.28. The lowest BCUT2D eigenvalue weighted by atomic mass is 9.85. The maximum Gasteiger partial charge on any atom is 0.0401 e. The Bertz CT molecular complexity index is 353. The van der Waals surface area contributed by atoms with E-state index < -0.39 is 0 Å². The monoisotopic (exact) mass is 300 g/mol. The molecule has 74 valence electrons. The number of hydrogen-bond acceptors (Lipinski definition) is 2. The summed E-state index contributed by atoms with van der Waals surface area (Å²) < 4.78 is 1.25. The molecule has 1 aromatic rings. The molecule has 1 N–H and O–H groups in total. The second kappa shape index (κ2) is 3.45. The fourth-order valence-electron chi connectivity index (χ4n) is 2.82. The predicted octanol–water partition coefficient (Wildman–Crippen LogP) is 2.29. The Morgan fingerprint density at radius 2 is 2.29 bits per heavy atom. The Morgan fingerprint density at radius 3 is 2.93 bits per heavy atom. The van der Waals surface area contributed by atoms with Crippen molar-refractivity contribution in [1.82, 2.24) is 10.3 Å². The second-order valence-corrected chi connectivity index (χ2v) is 5.57. The van der Waals surface area contributed by atoms with Gasteiger partial charge in [0.05, 0.1) is 0 Å². The van der Waals surface area contributed by atoms with Crippen LogP contribution in [0.25, 0.3) is 0 Å². The lowest BCUT2D eigenvalue weighted by Gasteiger charge is -2.20. The quantitative estimate of drug-likeness (QED) is 0.805. The minimum absolute atomic E-state index is 0.718. The molecule has 3 rings (SSSR count). The van der Waals surface area contributed by atoms with E-state index >= 15 is 0 Å². The zero-order chi connectivity index (χ0) is 9.54. The van der Waals surface area contributed by atoms with Crippen LogP contribution in [0, 0.1) is 3.57 Å². The van der Waals surface area contributed by atoms with Crippen molar-refractivity contribution in [2.75, 3.05) is 0 Å². The van der Waals surface area contributed by atoms with Crippen LogP contribution >= 0.6 is 22.6 Å². The van der Waals surface area contributed by atoms with E-state index in [9.17, 15) is 0 Å². The third-order valence-electron chi connectivity index (χ3n) is 3.45. The standard InChI is InChI=1S/C11H13IN2/c12-8-3-7(5-13-6-8)10-4-9-1-2-11(10)14-9/h3,5-6,9-11,14H,1-2,4H2. The summed E-state index contributed by atoms with van der Waals surface area (Å²) in [5, 5.41) is 3.67. The summed E-state index contributed by atoms with van der Waals surface area (Å²) in [7, 11) is 0. The Balaban J connectivity index is 1.89. The van der Waals surface area contributed by atoms with Crippen LogP contribution in [0.15, 0.2) is 18.5 Å². The third-order valence-corrected chi connectivity index (χ3v) is 4.04. The molecule has 1 aromatic heterocycles. The highest BCUT2D eigenvalue weighted by Crippen LogP contribution is 2.39. The van der Waals surface area contributed by atoms with Gasteiger partial charge in [-0.1, -0.05) is 0 Å². The molecule has 2 fully saturated rings. The van der Waals surface area contributed by atoms with Crippen LogP contribution in [0.1, 0.15) is 30.7 Å². The molecule has 0 spiro atoms. The molecular weight excluding hydrogens is 287 g/mol. The molecule has 3 unspecified atom stereocenters. The first-order valence-electron chi connectivity index (χ1n) is 5.19. The van der Waals surface area contributed by atoms with E-state index in [0.717, 1.165) is 18.0 Å². The average Bonchev–Trinajstić information content (AvgIpc) is 2.78. The first-order valence-corrected chi connectivity index (χ1v) is 6.27. The molecule has 2 nitrogen and oxygen atoms in total. The zero-order valence-electron chi connectivity index (χ0n) is 7.91. The van der Waals surface area contributed by atoms with E-state index in [2.05, 4.69) is 39.0 Å². The van der Waals surface area contributed by atoms with Crippen LogP contribution in [0.4, 0.5) is 0 Å². The molecule has 0 amide bonds. The molecule has 0 aromatic carbocycles. The van der Waals surface area contributed by atoms with E-state index in [1.54, 1.807) is 0 Å². The number of hydrogen-bond donors (Lipinski definition) is 1. The topological polar surface area (TPSA) is 24.9 Å². The molecule has 0 radical (unpaired) electrons. The van der Waals surface area contributed by atoms with Crippen molar-refractivity contribution in [3.8, 4) is 0 Å². The summed E-state index contributed by atoms with van der Waals surface area (Å²) in [6.07, 6.45) is 7.99. The predicted molar refractivity (Wildman–Crippen MR) is 64.3 cm³/mol. The number of nitrogens with zero attached hydrogens (tertiary/aromatic N) is 1. The summed E-state index contributed by atoms with van der Waals surface area (Å²) >= 11 is 2.34. The number of fused-ring (bicyclic) bond motifs is 2. The number of nitrogens with one attached hydrogen (secondary N) is 1. The van der Waals surface area contributed by atoms with Gasteiger partial charge in [-0.25, -0.2) is 0 Å². The van der Waals surface area contributed by atoms with E-state index in [1.807, 2.05) is 12.4 Å². The van der Waals surface area contributed by atoms with Crippen LogP contribution in [0.2, 0.25) is 0 Å². The summed E-state index contributed by atoms with van der Waals surface area (Å²) in [6, 6.07) is 3.78. The SMILES string of the molecule is Ic1cncc(C2CC3CCC2N3)c1. The molecule has 0 saturated carbocycles. The smallest absolute Gasteiger partial charge is 0.0401 e. The summed E-state index contributed by atoms with van der Waals surface area (Å²) in [6.45, 7) is 0. The minimum Gasteiger partial charge on any atom is -0.311 e. The first-order chi connectivity index (χ1) is 6.83. The third kappa shape index (κ3) is 1.46. The van der Waals surface area contributed by atoms with Gasteiger partial charge in [0.2, 0.25) is 0 Å². The highest BCUT2D eigenvalue weighted by atomic mass is 127. The van der Waals surface area contributed by atoms with Crippen LogP contribution in [0.3, 0.4) is 0 Å². The van der Waals surface area contributed by atoms with Crippen molar-refractivity contribution < 1.29 is 0 Å². The lowest BCUT2D eigenvalue weighted by Crippen LogP contribution is -2.21. The molecule has 2 aliphatic heterocycles. The maximum atomic E-state index is 4.28. The molecule has 0 aliphatic carbocycles. The lowest BCUT2D eigenvalue weighted by molar-refractivity contribution is 0.505. The Morgan fingerprint density at radius 1 is 1.36 bits per heavy atom. The largest absolute Gasteiger partial charge is 0.311 e. The van der Waals surface area contributed by atoms with Crippen LogP contribution in [-0.4, -0.2) is 17.1 Å². The molecule has 2 aliphatic rings. The molecule has 3 atom stereocenters. The van der Waals surface area contributed by atoms with Crippen molar-refractivity contribution in [2.24, 2.45) is 0 Å². The Labute approximate surface area is 97.6 Å². The highest BCUT2D eigenvalue weighted by Gasteiger charge is 2.39. The molecule has 2 bridgehead atoms. The fourth-order valence-corrected chi connectivity index (χ4v) is 3.34. The van der Waals surface area contributed by atoms with Crippen molar-refractivity contribution in [2.45, 2.75) is 37.3 Å². The fraction of sp³-hybridized carbons (Fsp3) is 0.545. The molecule has 14 heavy (non-hydrogen) atoms. The normalized spacial score (nSPS) is 35.1. The van der Waals surface area contributed by atoms with Gasteiger partial charge in [-0.3, -0.25) is 4.98 Å². The number of halogens is 1. The van der Waals surface area contributed by atoms with Gasteiger partial charge >= 0.3 is 0 Å². The van der Waals surface area contributed by atoms with Gasteiger partial charge in [-0.15, -0.1) is 0 Å². The number of rotatable bonds is 1. The van der Waals surface area contributed by atoms with E-state index in [4.69, 9.17) is 0 Å². The van der Waals surface area contributed by atoms with Crippen molar-refractivity contribution in [3.63, 3.8) is 0 Å². The summed E-state index contributed by atoms with van der Waals surface area (Å²) in [5.41, 5.74) is 1.43. The van der Waals surface area contributed by atoms with Crippen molar-refractivity contribution in [3.05, 3.63) is 27.6 Å². The van der Waals surface area contributed by atoms with Gasteiger partial charge in [-0.05, 0) is 53.5 Å². The van der Waals surface area contributed by atoms with Crippen LogP contribution < -0.4 is 5.32 Å². The van der Waals surface area contributed by atoms with Crippen LogP contribution in [0.5, 0.6) is 0 Å².